The van der Waals surface area contributed by atoms with Crippen molar-refractivity contribution in [3.05, 3.63) is 0 Å². The Morgan fingerprint density at radius 3 is 2.48 bits per heavy atom. The highest BCUT2D eigenvalue weighted by atomic mass is 16.3. The summed E-state index contributed by atoms with van der Waals surface area (Å²) < 4.78 is 0. The van der Waals surface area contributed by atoms with Crippen LogP contribution in [0.3, 0.4) is 0 Å². The Morgan fingerprint density at radius 1 is 0.963 bits per heavy atom. The van der Waals surface area contributed by atoms with Crippen molar-refractivity contribution in [1.82, 2.24) is 0 Å². The van der Waals surface area contributed by atoms with Crippen molar-refractivity contribution in [3.8, 4) is 0 Å². The monoisotopic (exact) mass is 376 g/mol. The van der Waals surface area contributed by atoms with E-state index in [9.17, 15) is 10.2 Å². The first-order valence-electron chi connectivity index (χ1n) is 12.2. The van der Waals surface area contributed by atoms with Crippen LogP contribution in [0.2, 0.25) is 0 Å². The van der Waals surface area contributed by atoms with Gasteiger partial charge in [0.1, 0.15) is 0 Å². The van der Waals surface area contributed by atoms with E-state index in [-0.39, 0.29) is 5.60 Å². The van der Waals surface area contributed by atoms with Gasteiger partial charge in [0.2, 0.25) is 0 Å². The molecule has 0 bridgehead atoms. The fraction of sp³-hybridized carbons (Fsp3) is 1.00. The van der Waals surface area contributed by atoms with E-state index in [2.05, 4.69) is 20.8 Å². The van der Waals surface area contributed by atoms with Crippen molar-refractivity contribution < 1.29 is 10.2 Å². The SMILES string of the molecule is CCC[C@@]1(O)CC[C@H]2[C@@H](CC[C@@H]3[C@@H]2CC[C@]2(C)[C@@H]([C@@H](C)CO)CCC[C@@H]32)C1. The lowest BCUT2D eigenvalue weighted by atomic mass is 9.44. The summed E-state index contributed by atoms with van der Waals surface area (Å²) in [6, 6.07) is 0. The van der Waals surface area contributed by atoms with Crippen LogP contribution in [-0.4, -0.2) is 22.4 Å². The Morgan fingerprint density at radius 2 is 1.74 bits per heavy atom. The molecule has 9 atom stereocenters. The number of rotatable bonds is 4. The predicted octanol–water partition coefficient (Wildman–Crippen LogP) is 5.80. The summed E-state index contributed by atoms with van der Waals surface area (Å²) in [5, 5.41) is 20.9. The lowest BCUT2D eigenvalue weighted by Crippen LogP contribution is -2.55. The molecule has 0 amide bonds. The van der Waals surface area contributed by atoms with Gasteiger partial charge in [-0.1, -0.05) is 33.6 Å². The van der Waals surface area contributed by atoms with Crippen LogP contribution in [0.4, 0.5) is 0 Å². The molecule has 0 aromatic heterocycles. The zero-order chi connectivity index (χ0) is 19.2. The fourth-order valence-electron chi connectivity index (χ4n) is 8.96. The van der Waals surface area contributed by atoms with Gasteiger partial charge in [0.15, 0.2) is 0 Å². The third-order valence-electron chi connectivity index (χ3n) is 10.1. The molecule has 27 heavy (non-hydrogen) atoms. The van der Waals surface area contributed by atoms with Crippen molar-refractivity contribution in [2.75, 3.05) is 6.61 Å². The van der Waals surface area contributed by atoms with Crippen molar-refractivity contribution in [2.45, 2.75) is 103 Å². The standard InChI is InChI=1S/C25H44O2/c1-4-12-25(27)14-11-19-18(15-25)8-9-21-20(19)10-13-24(3)22(17(2)16-26)6-5-7-23(21)24/h17-23,26-27H,4-16H2,1-3H3/t17-,18-,19-,20+,21+,22+,23-,24+,25+/m0/s1. The van der Waals surface area contributed by atoms with Crippen LogP contribution in [0.25, 0.3) is 0 Å². The minimum Gasteiger partial charge on any atom is -0.396 e. The van der Waals surface area contributed by atoms with E-state index in [4.69, 9.17) is 0 Å². The van der Waals surface area contributed by atoms with Crippen LogP contribution in [0, 0.1) is 46.8 Å². The van der Waals surface area contributed by atoms with Gasteiger partial charge in [0.25, 0.3) is 0 Å². The second-order valence-corrected chi connectivity index (χ2v) is 11.4. The van der Waals surface area contributed by atoms with Gasteiger partial charge in [0.05, 0.1) is 5.60 Å². The smallest absolute Gasteiger partial charge is 0.0650 e. The number of hydrogen-bond donors (Lipinski definition) is 2. The van der Waals surface area contributed by atoms with Crippen LogP contribution >= 0.6 is 0 Å². The van der Waals surface area contributed by atoms with Gasteiger partial charge in [-0.25, -0.2) is 0 Å². The van der Waals surface area contributed by atoms with E-state index >= 15 is 0 Å². The fourth-order valence-corrected chi connectivity index (χ4v) is 8.96. The van der Waals surface area contributed by atoms with E-state index < -0.39 is 0 Å². The van der Waals surface area contributed by atoms with E-state index in [0.717, 1.165) is 61.2 Å². The molecular weight excluding hydrogens is 332 g/mol. The number of fused-ring (bicyclic) bond motifs is 5. The summed E-state index contributed by atoms with van der Waals surface area (Å²) >= 11 is 0. The van der Waals surface area contributed by atoms with E-state index in [0.29, 0.717) is 17.9 Å². The molecule has 0 aliphatic heterocycles. The molecule has 2 nitrogen and oxygen atoms in total. The van der Waals surface area contributed by atoms with Crippen LogP contribution < -0.4 is 0 Å². The number of aliphatic hydroxyl groups is 2. The first-order chi connectivity index (χ1) is 12.9. The van der Waals surface area contributed by atoms with E-state index in [1.54, 1.807) is 0 Å². The molecule has 4 aliphatic carbocycles. The Bertz CT molecular complexity index is 518. The molecular formula is C25H44O2. The van der Waals surface area contributed by atoms with Gasteiger partial charge >= 0.3 is 0 Å². The lowest BCUT2D eigenvalue weighted by molar-refractivity contribution is -0.139. The number of hydrogen-bond acceptors (Lipinski definition) is 2. The van der Waals surface area contributed by atoms with Crippen molar-refractivity contribution >= 4 is 0 Å². The van der Waals surface area contributed by atoms with Gasteiger partial charge in [0, 0.05) is 6.61 Å². The summed E-state index contributed by atoms with van der Waals surface area (Å²) in [4.78, 5) is 0. The summed E-state index contributed by atoms with van der Waals surface area (Å²) in [6.07, 6.45) is 15.3. The maximum absolute atomic E-state index is 11.0. The van der Waals surface area contributed by atoms with Crippen LogP contribution in [-0.2, 0) is 0 Å². The Labute approximate surface area is 167 Å². The Kier molecular flexibility index (Phi) is 5.71. The highest BCUT2D eigenvalue weighted by Crippen LogP contribution is 2.64. The third-order valence-corrected chi connectivity index (χ3v) is 10.1. The molecule has 0 aromatic rings. The quantitative estimate of drug-likeness (QED) is 0.650. The molecule has 0 aromatic carbocycles. The molecule has 4 aliphatic rings. The maximum Gasteiger partial charge on any atom is 0.0650 e. The lowest BCUT2D eigenvalue weighted by Gasteiger charge is -2.62. The van der Waals surface area contributed by atoms with Crippen molar-refractivity contribution in [3.63, 3.8) is 0 Å². The summed E-state index contributed by atoms with van der Waals surface area (Å²) in [7, 11) is 0. The highest BCUT2D eigenvalue weighted by molar-refractivity contribution is 5.06. The summed E-state index contributed by atoms with van der Waals surface area (Å²) in [5.74, 6) is 5.61. The van der Waals surface area contributed by atoms with Crippen LogP contribution in [0.5, 0.6) is 0 Å². The molecule has 0 radical (unpaired) electrons. The molecule has 2 heteroatoms. The van der Waals surface area contributed by atoms with Gasteiger partial charge in [-0.2, -0.15) is 0 Å². The molecule has 0 unspecified atom stereocenters. The van der Waals surface area contributed by atoms with Gasteiger partial charge < -0.3 is 10.2 Å². The van der Waals surface area contributed by atoms with Gasteiger partial charge in [-0.05, 0) is 111 Å². The minimum atomic E-state index is -0.349. The Balaban J connectivity index is 1.51. The maximum atomic E-state index is 11.0. The average Bonchev–Trinajstić information content (AvgIpc) is 2.65. The van der Waals surface area contributed by atoms with Gasteiger partial charge in [-0.15, -0.1) is 0 Å². The second kappa shape index (κ2) is 7.63. The summed E-state index contributed by atoms with van der Waals surface area (Å²) in [6.45, 7) is 7.46. The first-order valence-corrected chi connectivity index (χ1v) is 12.2. The van der Waals surface area contributed by atoms with Crippen molar-refractivity contribution in [1.29, 1.82) is 0 Å². The number of aliphatic hydroxyl groups excluding tert-OH is 1. The van der Waals surface area contributed by atoms with Crippen LogP contribution in [0.1, 0.15) is 97.8 Å². The molecule has 4 saturated carbocycles. The molecule has 156 valence electrons. The molecule has 0 spiro atoms. The zero-order valence-corrected chi connectivity index (χ0v) is 18.1. The minimum absolute atomic E-state index is 0.349. The van der Waals surface area contributed by atoms with Crippen molar-refractivity contribution in [2.24, 2.45) is 46.8 Å². The molecule has 4 rings (SSSR count). The Hall–Kier alpha value is -0.0800. The van der Waals surface area contributed by atoms with E-state index in [1.807, 2.05) is 0 Å². The molecule has 0 heterocycles. The molecule has 4 fully saturated rings. The molecule has 0 saturated heterocycles. The van der Waals surface area contributed by atoms with Gasteiger partial charge in [-0.3, -0.25) is 0 Å². The third kappa shape index (κ3) is 3.41. The van der Waals surface area contributed by atoms with Crippen LogP contribution in [0.15, 0.2) is 0 Å². The van der Waals surface area contributed by atoms with E-state index in [1.165, 1.54) is 51.4 Å². The average molecular weight is 377 g/mol. The molecule has 2 N–H and O–H groups in total. The summed E-state index contributed by atoms with van der Waals surface area (Å²) in [5.41, 5.74) is 0.116. The zero-order valence-electron chi connectivity index (χ0n) is 18.1. The normalized spacial score (nSPS) is 51.0. The first kappa shape index (κ1) is 20.2. The second-order valence-electron chi connectivity index (χ2n) is 11.4. The topological polar surface area (TPSA) is 40.5 Å². The highest BCUT2D eigenvalue weighted by Gasteiger charge is 2.56. The predicted molar refractivity (Wildman–Crippen MR) is 111 cm³/mol. The largest absolute Gasteiger partial charge is 0.396 e.